The molecule has 0 radical (unpaired) electrons. The molecule has 3 atom stereocenters. The zero-order chi connectivity index (χ0) is 15.5. The number of nitrogens with one attached hydrogen (secondary N) is 2. The molecule has 114 valence electrons. The van der Waals surface area contributed by atoms with Crippen LogP contribution >= 0.6 is 11.3 Å². The quantitative estimate of drug-likeness (QED) is 0.660. The average Bonchev–Trinajstić information content (AvgIpc) is 3.14. The second kappa shape index (κ2) is 6.32. The van der Waals surface area contributed by atoms with Gasteiger partial charge in [-0.3, -0.25) is 5.17 Å². The molecule has 22 heavy (non-hydrogen) atoms. The Morgan fingerprint density at radius 1 is 1.45 bits per heavy atom. The maximum Gasteiger partial charge on any atom is 0.230 e. The van der Waals surface area contributed by atoms with Gasteiger partial charge in [0.15, 0.2) is 6.19 Å². The summed E-state index contributed by atoms with van der Waals surface area (Å²) in [6.45, 7) is 2.56. The van der Waals surface area contributed by atoms with Gasteiger partial charge in [0, 0.05) is 19.2 Å². The number of aromatic nitrogens is 1. The van der Waals surface area contributed by atoms with Gasteiger partial charge in [-0.25, -0.2) is 10.4 Å². The van der Waals surface area contributed by atoms with E-state index in [2.05, 4.69) is 16.6 Å². The summed E-state index contributed by atoms with van der Waals surface area (Å²) in [6, 6.07) is 9.73. The third-order valence-corrected chi connectivity index (χ3v) is 4.98. The summed E-state index contributed by atoms with van der Waals surface area (Å²) < 4.78 is 0. The Kier molecular flexibility index (Phi) is 4.24. The normalized spacial score (nSPS) is 22.3. The van der Waals surface area contributed by atoms with Crippen molar-refractivity contribution in [2.45, 2.75) is 25.4 Å². The van der Waals surface area contributed by atoms with Gasteiger partial charge in [-0.05, 0) is 12.5 Å². The number of thiazole rings is 1. The number of hydroxylamine groups is 1. The fourth-order valence-electron chi connectivity index (χ4n) is 2.70. The maximum atomic E-state index is 12.4. The van der Waals surface area contributed by atoms with Crippen LogP contribution in [0.15, 0.2) is 36.5 Å². The van der Waals surface area contributed by atoms with Gasteiger partial charge in [0.2, 0.25) is 5.13 Å². The highest BCUT2D eigenvalue weighted by Gasteiger charge is 2.35. The Balaban J connectivity index is 1.67. The molecule has 1 aromatic heterocycles. The van der Waals surface area contributed by atoms with E-state index in [9.17, 15) is 5.21 Å². The zero-order valence-electron chi connectivity index (χ0n) is 12.2. The van der Waals surface area contributed by atoms with Gasteiger partial charge in [0.25, 0.3) is 0 Å². The van der Waals surface area contributed by atoms with Crippen LogP contribution < -0.4 is 10.6 Å². The van der Waals surface area contributed by atoms with E-state index in [1.807, 2.05) is 37.3 Å². The highest BCUT2D eigenvalue weighted by atomic mass is 32.1. The minimum Gasteiger partial charge on any atom is -0.608 e. The molecule has 1 aliphatic rings. The molecule has 0 amide bonds. The number of hydrogen-bond donors (Lipinski definition) is 2. The molecule has 1 saturated heterocycles. The Labute approximate surface area is 133 Å². The number of nitrogens with zero attached hydrogens (tertiary/aromatic N) is 3. The molecular formula is C15H17N5OS. The minimum atomic E-state index is -0.163. The van der Waals surface area contributed by atoms with E-state index in [1.54, 1.807) is 11.1 Å². The van der Waals surface area contributed by atoms with E-state index in [-0.39, 0.29) is 17.3 Å². The third kappa shape index (κ3) is 2.90. The van der Waals surface area contributed by atoms with Crippen LogP contribution in [0.4, 0.5) is 5.13 Å². The summed E-state index contributed by atoms with van der Waals surface area (Å²) in [5, 5.41) is 21.9. The first kappa shape index (κ1) is 14.8. The molecule has 2 aromatic rings. The average molecular weight is 315 g/mol. The number of hydrogen-bond acceptors (Lipinski definition) is 6. The molecule has 1 unspecified atom stereocenters. The second-order valence-corrected chi connectivity index (χ2v) is 6.34. The molecule has 7 heteroatoms. The molecule has 0 aliphatic carbocycles. The van der Waals surface area contributed by atoms with E-state index in [1.165, 1.54) is 11.3 Å². The second-order valence-electron chi connectivity index (χ2n) is 5.31. The molecular weight excluding hydrogens is 298 g/mol. The highest BCUT2D eigenvalue weighted by molar-refractivity contribution is 7.18. The van der Waals surface area contributed by atoms with E-state index < -0.39 is 0 Å². The number of anilines is 1. The first-order valence-corrected chi connectivity index (χ1v) is 7.99. The SMILES string of the molecule is C[C@H]1[C@@H]([NH+]([O-])Nc2ncc(-c3ccccc3)s2)CCN1C#N. The molecule has 1 aromatic carbocycles. The topological polar surface area (TPSA) is 79.5 Å². The van der Waals surface area contributed by atoms with Crippen molar-refractivity contribution < 1.29 is 5.17 Å². The number of quaternary nitrogens is 1. The third-order valence-electron chi connectivity index (χ3n) is 4.01. The van der Waals surface area contributed by atoms with Gasteiger partial charge in [-0.15, -0.1) is 0 Å². The van der Waals surface area contributed by atoms with Crippen LogP contribution in [0, 0.1) is 16.7 Å². The van der Waals surface area contributed by atoms with E-state index in [0.717, 1.165) is 10.4 Å². The lowest BCUT2D eigenvalue weighted by Gasteiger charge is -2.30. The van der Waals surface area contributed by atoms with Crippen LogP contribution in [0.25, 0.3) is 10.4 Å². The smallest absolute Gasteiger partial charge is 0.230 e. The molecule has 1 aliphatic heterocycles. The lowest BCUT2D eigenvalue weighted by atomic mass is 10.1. The van der Waals surface area contributed by atoms with Crippen LogP contribution in [-0.2, 0) is 0 Å². The lowest BCUT2D eigenvalue weighted by Crippen LogP contribution is -3.15. The van der Waals surface area contributed by atoms with E-state index in [4.69, 9.17) is 5.26 Å². The number of nitriles is 1. The first-order chi connectivity index (χ1) is 10.7. The first-order valence-electron chi connectivity index (χ1n) is 7.17. The van der Waals surface area contributed by atoms with Crippen LogP contribution in [0.3, 0.4) is 0 Å². The number of rotatable bonds is 4. The summed E-state index contributed by atoms with van der Waals surface area (Å²) in [7, 11) is 0. The van der Waals surface area contributed by atoms with Crippen molar-refractivity contribution in [3.8, 4) is 16.6 Å². The van der Waals surface area contributed by atoms with Crippen LogP contribution in [0.5, 0.6) is 0 Å². The van der Waals surface area contributed by atoms with Crippen molar-refractivity contribution in [2.75, 3.05) is 12.0 Å². The van der Waals surface area contributed by atoms with Gasteiger partial charge in [-0.2, -0.15) is 5.26 Å². The number of benzene rings is 1. The molecule has 1 fully saturated rings. The summed E-state index contributed by atoms with van der Waals surface area (Å²) >= 11 is 1.46. The summed E-state index contributed by atoms with van der Waals surface area (Å²) in [4.78, 5) is 6.95. The van der Waals surface area contributed by atoms with Crippen molar-refractivity contribution in [3.05, 3.63) is 41.7 Å². The lowest BCUT2D eigenvalue weighted by molar-refractivity contribution is -0.853. The summed E-state index contributed by atoms with van der Waals surface area (Å²) in [6.07, 6.45) is 4.61. The molecule has 3 rings (SSSR count). The molecule has 0 bridgehead atoms. The fourth-order valence-corrected chi connectivity index (χ4v) is 3.52. The number of likely N-dealkylation sites (tertiary alicyclic amines) is 1. The van der Waals surface area contributed by atoms with Crippen molar-refractivity contribution in [3.63, 3.8) is 0 Å². The Morgan fingerprint density at radius 3 is 2.91 bits per heavy atom. The predicted octanol–water partition coefficient (Wildman–Crippen LogP) is 1.46. The molecule has 2 heterocycles. The molecule has 0 saturated carbocycles. The van der Waals surface area contributed by atoms with Crippen molar-refractivity contribution in [2.24, 2.45) is 0 Å². The van der Waals surface area contributed by atoms with Gasteiger partial charge >= 0.3 is 0 Å². The summed E-state index contributed by atoms with van der Waals surface area (Å²) in [5.74, 6) is 0. The van der Waals surface area contributed by atoms with E-state index >= 15 is 0 Å². The van der Waals surface area contributed by atoms with Gasteiger partial charge in [0.1, 0.15) is 6.04 Å². The van der Waals surface area contributed by atoms with Crippen molar-refractivity contribution in [1.82, 2.24) is 9.88 Å². The van der Waals surface area contributed by atoms with Gasteiger partial charge in [-0.1, -0.05) is 41.7 Å². The summed E-state index contributed by atoms with van der Waals surface area (Å²) in [5.41, 5.74) is 3.97. The molecule has 0 spiro atoms. The Hall–Kier alpha value is -2.14. The standard InChI is InChI=1S/C15H17N5OS/c1-11-13(7-8-19(11)10-16)20(21)18-15-17-9-14(22-15)12-5-3-2-4-6-12/h2-6,9,11,13,20H,7-8H2,1H3,(H,17,18)/t11-,13-/m0/s1. The van der Waals surface area contributed by atoms with Crippen LogP contribution in [-0.4, -0.2) is 28.5 Å². The van der Waals surface area contributed by atoms with Gasteiger partial charge < -0.3 is 10.1 Å². The van der Waals surface area contributed by atoms with E-state index in [0.29, 0.717) is 18.1 Å². The molecule has 6 nitrogen and oxygen atoms in total. The maximum absolute atomic E-state index is 12.4. The fraction of sp³-hybridized carbons (Fsp3) is 0.333. The Bertz CT molecular complexity index is 668. The predicted molar refractivity (Wildman–Crippen MR) is 85.7 cm³/mol. The van der Waals surface area contributed by atoms with Crippen molar-refractivity contribution in [1.29, 1.82) is 5.26 Å². The Morgan fingerprint density at radius 2 is 2.23 bits per heavy atom. The zero-order valence-corrected chi connectivity index (χ0v) is 13.0. The minimum absolute atomic E-state index is 0.0563. The van der Waals surface area contributed by atoms with Crippen molar-refractivity contribution >= 4 is 16.5 Å². The largest absolute Gasteiger partial charge is 0.608 e. The molecule has 2 N–H and O–H groups in total. The van der Waals surface area contributed by atoms with Crippen LogP contribution in [0.2, 0.25) is 0 Å². The van der Waals surface area contributed by atoms with Crippen LogP contribution in [0.1, 0.15) is 13.3 Å². The monoisotopic (exact) mass is 315 g/mol. The highest BCUT2D eigenvalue weighted by Crippen LogP contribution is 2.28. The van der Waals surface area contributed by atoms with Gasteiger partial charge in [0.05, 0.1) is 10.9 Å².